The molecule has 1 aliphatic heterocycles. The van der Waals surface area contributed by atoms with E-state index in [1.165, 1.54) is 0 Å². The molecule has 15 heavy (non-hydrogen) atoms. The molecule has 0 radical (unpaired) electrons. The third-order valence-corrected chi connectivity index (χ3v) is 2.25. The van der Waals surface area contributed by atoms with Crippen LogP contribution < -0.4 is 9.47 Å². The first-order valence-corrected chi connectivity index (χ1v) is 4.86. The molecule has 1 heterocycles. The summed E-state index contributed by atoms with van der Waals surface area (Å²) >= 11 is 0. The number of benzene rings is 1. The molecule has 2 rings (SSSR count). The Balaban J connectivity index is 1.96. The summed E-state index contributed by atoms with van der Waals surface area (Å²) in [4.78, 5) is 10.4. The minimum absolute atomic E-state index is 0.107. The molecule has 1 aromatic rings. The molecule has 80 valence electrons. The molecule has 0 unspecified atom stereocenters. The Bertz CT molecular complexity index is 361. The van der Waals surface area contributed by atoms with E-state index in [4.69, 9.17) is 14.6 Å². The number of rotatable bonds is 3. The predicted molar refractivity (Wildman–Crippen MR) is 53.2 cm³/mol. The molecule has 0 bridgehead atoms. The molecule has 0 aromatic heterocycles. The minimum atomic E-state index is -0.808. The van der Waals surface area contributed by atoms with Gasteiger partial charge >= 0.3 is 5.97 Å². The monoisotopic (exact) mass is 208 g/mol. The summed E-state index contributed by atoms with van der Waals surface area (Å²) in [6.07, 6.45) is 0.427. The van der Waals surface area contributed by atoms with Crippen molar-refractivity contribution in [3.8, 4) is 11.5 Å². The van der Waals surface area contributed by atoms with Crippen LogP contribution in [0.3, 0.4) is 0 Å². The van der Waals surface area contributed by atoms with Gasteiger partial charge in [0.15, 0.2) is 11.5 Å². The van der Waals surface area contributed by atoms with Crippen molar-refractivity contribution in [3.05, 3.63) is 24.3 Å². The van der Waals surface area contributed by atoms with E-state index in [1.54, 1.807) is 0 Å². The van der Waals surface area contributed by atoms with Gasteiger partial charge in [-0.1, -0.05) is 12.1 Å². The Labute approximate surface area is 87.4 Å². The van der Waals surface area contributed by atoms with Gasteiger partial charge in [-0.15, -0.1) is 0 Å². The normalized spacial score (nSPS) is 18.5. The van der Waals surface area contributed by atoms with Crippen molar-refractivity contribution in [2.24, 2.45) is 0 Å². The lowest BCUT2D eigenvalue weighted by atomic mass is 10.2. The molecule has 1 aliphatic rings. The molecule has 0 saturated carbocycles. The summed E-state index contributed by atoms with van der Waals surface area (Å²) in [5.41, 5.74) is 0. The van der Waals surface area contributed by atoms with Crippen molar-refractivity contribution in [2.75, 3.05) is 6.61 Å². The highest BCUT2D eigenvalue weighted by atomic mass is 16.6. The van der Waals surface area contributed by atoms with Crippen LogP contribution in [0.1, 0.15) is 12.8 Å². The van der Waals surface area contributed by atoms with Gasteiger partial charge in [0.25, 0.3) is 0 Å². The minimum Gasteiger partial charge on any atom is -0.486 e. The van der Waals surface area contributed by atoms with Gasteiger partial charge in [0, 0.05) is 6.42 Å². The van der Waals surface area contributed by atoms with Crippen LogP contribution in [-0.2, 0) is 4.79 Å². The summed E-state index contributed by atoms with van der Waals surface area (Å²) in [7, 11) is 0. The number of carbonyl (C=O) groups is 1. The van der Waals surface area contributed by atoms with Crippen LogP contribution in [0.15, 0.2) is 24.3 Å². The smallest absolute Gasteiger partial charge is 0.303 e. The quantitative estimate of drug-likeness (QED) is 0.821. The van der Waals surface area contributed by atoms with Gasteiger partial charge in [0.1, 0.15) is 12.7 Å². The van der Waals surface area contributed by atoms with Gasteiger partial charge in [0.05, 0.1) is 0 Å². The topological polar surface area (TPSA) is 55.8 Å². The lowest BCUT2D eigenvalue weighted by Gasteiger charge is -2.25. The maximum absolute atomic E-state index is 10.4. The molecule has 4 nitrogen and oxygen atoms in total. The molecule has 4 heteroatoms. The molecule has 1 atom stereocenters. The summed E-state index contributed by atoms with van der Waals surface area (Å²) < 4.78 is 11.0. The summed E-state index contributed by atoms with van der Waals surface area (Å²) in [5, 5.41) is 8.54. The van der Waals surface area contributed by atoms with Gasteiger partial charge < -0.3 is 14.6 Å². The molecular weight excluding hydrogens is 196 g/mol. The maximum atomic E-state index is 10.4. The Morgan fingerprint density at radius 2 is 2.13 bits per heavy atom. The number of carboxylic acid groups (broad SMARTS) is 1. The fourth-order valence-electron chi connectivity index (χ4n) is 1.49. The van der Waals surface area contributed by atoms with E-state index in [2.05, 4.69) is 0 Å². The fourth-order valence-corrected chi connectivity index (χ4v) is 1.49. The van der Waals surface area contributed by atoms with Crippen molar-refractivity contribution >= 4 is 5.97 Å². The van der Waals surface area contributed by atoms with E-state index in [0.717, 1.165) is 5.75 Å². The van der Waals surface area contributed by atoms with Gasteiger partial charge in [-0.2, -0.15) is 0 Å². The fraction of sp³-hybridized carbons (Fsp3) is 0.364. The molecule has 0 spiro atoms. The van der Waals surface area contributed by atoms with E-state index in [9.17, 15) is 4.79 Å². The highest BCUT2D eigenvalue weighted by molar-refractivity contribution is 5.66. The van der Waals surface area contributed by atoms with Crippen molar-refractivity contribution in [1.82, 2.24) is 0 Å². The molecule has 0 saturated heterocycles. The summed E-state index contributed by atoms with van der Waals surface area (Å²) in [6.45, 7) is 0.421. The first-order chi connectivity index (χ1) is 7.25. The van der Waals surface area contributed by atoms with E-state index in [0.29, 0.717) is 18.8 Å². The average molecular weight is 208 g/mol. The van der Waals surface area contributed by atoms with Gasteiger partial charge in [0.2, 0.25) is 0 Å². The van der Waals surface area contributed by atoms with E-state index < -0.39 is 5.97 Å². The number of para-hydroxylation sites is 2. The van der Waals surface area contributed by atoms with E-state index >= 15 is 0 Å². The lowest BCUT2D eigenvalue weighted by molar-refractivity contribution is -0.137. The van der Waals surface area contributed by atoms with Crippen molar-refractivity contribution < 1.29 is 19.4 Å². The Morgan fingerprint density at radius 3 is 2.87 bits per heavy atom. The molecule has 0 amide bonds. The van der Waals surface area contributed by atoms with E-state index in [-0.39, 0.29) is 12.5 Å². The molecule has 0 fully saturated rings. The zero-order chi connectivity index (χ0) is 10.7. The highest BCUT2D eigenvalue weighted by Gasteiger charge is 2.20. The molecule has 0 aliphatic carbocycles. The number of hydrogen-bond donors (Lipinski definition) is 1. The first kappa shape index (κ1) is 9.83. The second-order valence-corrected chi connectivity index (χ2v) is 3.43. The summed E-state index contributed by atoms with van der Waals surface area (Å²) in [5.74, 6) is 0.612. The van der Waals surface area contributed by atoms with Crippen LogP contribution in [0.4, 0.5) is 0 Å². The largest absolute Gasteiger partial charge is 0.486 e. The van der Waals surface area contributed by atoms with Gasteiger partial charge in [-0.3, -0.25) is 4.79 Å². The molecular formula is C11H12O4. The zero-order valence-corrected chi connectivity index (χ0v) is 8.18. The summed E-state index contributed by atoms with van der Waals surface area (Å²) in [6, 6.07) is 7.40. The highest BCUT2D eigenvalue weighted by Crippen LogP contribution is 2.31. The Morgan fingerprint density at radius 1 is 1.40 bits per heavy atom. The third kappa shape index (κ3) is 2.40. The number of carboxylic acids is 1. The second kappa shape index (κ2) is 4.21. The predicted octanol–water partition coefficient (Wildman–Crippen LogP) is 1.69. The maximum Gasteiger partial charge on any atom is 0.303 e. The molecule has 1 N–H and O–H groups in total. The van der Waals surface area contributed by atoms with Crippen LogP contribution >= 0.6 is 0 Å². The SMILES string of the molecule is O=C(O)CC[C@H]1COc2ccccc2O1. The van der Waals surface area contributed by atoms with Crippen molar-refractivity contribution in [2.45, 2.75) is 18.9 Å². The number of fused-ring (bicyclic) bond motifs is 1. The average Bonchev–Trinajstić information content (AvgIpc) is 2.26. The Hall–Kier alpha value is -1.71. The van der Waals surface area contributed by atoms with E-state index in [1.807, 2.05) is 24.3 Å². The number of aliphatic carboxylic acids is 1. The van der Waals surface area contributed by atoms with Crippen LogP contribution in [0.2, 0.25) is 0 Å². The standard InChI is InChI=1S/C11H12O4/c12-11(13)6-5-8-7-14-9-3-1-2-4-10(9)15-8/h1-4,8H,5-7H2,(H,12,13)/t8-/m0/s1. The molecule has 1 aromatic carbocycles. The van der Waals surface area contributed by atoms with Crippen LogP contribution in [0, 0.1) is 0 Å². The number of hydrogen-bond acceptors (Lipinski definition) is 3. The van der Waals surface area contributed by atoms with Gasteiger partial charge in [-0.05, 0) is 18.6 Å². The lowest BCUT2D eigenvalue weighted by Crippen LogP contribution is -2.29. The van der Waals surface area contributed by atoms with Crippen LogP contribution in [0.5, 0.6) is 11.5 Å². The second-order valence-electron chi connectivity index (χ2n) is 3.43. The zero-order valence-electron chi connectivity index (χ0n) is 8.18. The number of ether oxygens (including phenoxy) is 2. The van der Waals surface area contributed by atoms with Gasteiger partial charge in [-0.25, -0.2) is 0 Å². The first-order valence-electron chi connectivity index (χ1n) is 4.86. The van der Waals surface area contributed by atoms with Crippen molar-refractivity contribution in [3.63, 3.8) is 0 Å². The van der Waals surface area contributed by atoms with Crippen LogP contribution in [0.25, 0.3) is 0 Å². The third-order valence-electron chi connectivity index (χ3n) is 2.25. The van der Waals surface area contributed by atoms with Crippen LogP contribution in [-0.4, -0.2) is 23.8 Å². The Kier molecular flexibility index (Phi) is 2.76. The van der Waals surface area contributed by atoms with Crippen molar-refractivity contribution in [1.29, 1.82) is 0 Å².